The molecule has 22 heavy (non-hydrogen) atoms. The average Bonchev–Trinajstić information content (AvgIpc) is 2.56. The molecule has 1 amide bonds. The van der Waals surface area contributed by atoms with Gasteiger partial charge in [-0.15, -0.1) is 0 Å². The lowest BCUT2D eigenvalue weighted by molar-refractivity contribution is -0.142. The number of ether oxygens (including phenoxy) is 1. The largest absolute Gasteiger partial charge is 0.421 e. The van der Waals surface area contributed by atoms with Gasteiger partial charge >= 0.3 is 5.97 Å². The number of hydrogen-bond donors (Lipinski definition) is 1. The van der Waals surface area contributed by atoms with E-state index in [1.54, 1.807) is 13.0 Å². The molecule has 0 unspecified atom stereocenters. The predicted octanol–water partition coefficient (Wildman–Crippen LogP) is 3.43. The summed E-state index contributed by atoms with van der Waals surface area (Å²) >= 11 is 0. The fourth-order valence-corrected chi connectivity index (χ4v) is 2.54. The van der Waals surface area contributed by atoms with E-state index in [9.17, 15) is 9.59 Å². The number of carbonyl (C=O) groups excluding carboxylic acids is 2. The second-order valence-electron chi connectivity index (χ2n) is 5.56. The summed E-state index contributed by atoms with van der Waals surface area (Å²) in [6.45, 7) is 1.71. The van der Waals surface area contributed by atoms with Gasteiger partial charge in [0.1, 0.15) is 0 Å². The number of nitrogens with one attached hydrogen (secondary N) is 1. The van der Waals surface area contributed by atoms with Gasteiger partial charge in [-0.1, -0.05) is 56.5 Å². The van der Waals surface area contributed by atoms with Crippen molar-refractivity contribution >= 4 is 18.0 Å². The lowest BCUT2D eigenvalue weighted by Crippen LogP contribution is -2.37. The van der Waals surface area contributed by atoms with E-state index in [4.69, 9.17) is 4.74 Å². The molecule has 0 heterocycles. The molecule has 1 aliphatic rings. The molecule has 1 aromatic rings. The molecule has 1 fully saturated rings. The van der Waals surface area contributed by atoms with Crippen LogP contribution in [0.15, 0.2) is 36.1 Å². The Hall–Kier alpha value is -2.10. The van der Waals surface area contributed by atoms with Gasteiger partial charge in [-0.05, 0) is 24.5 Å². The standard InChI is InChI=1S/C18H23NO3/c1-2-17(20)22-16(13-14-9-5-3-6-10-14)18(21)19-15-11-7-4-8-12-15/h3,5-6,9-10,13,15H,2,4,7-8,11-12H2,1H3,(H,19,21)/b16-13+. The van der Waals surface area contributed by atoms with E-state index in [0.717, 1.165) is 31.2 Å². The van der Waals surface area contributed by atoms with Gasteiger partial charge in [0.05, 0.1) is 0 Å². The fraction of sp³-hybridized carbons (Fsp3) is 0.444. The summed E-state index contributed by atoms with van der Waals surface area (Å²) in [7, 11) is 0. The molecule has 1 aromatic carbocycles. The molecule has 0 radical (unpaired) electrons. The summed E-state index contributed by atoms with van der Waals surface area (Å²) in [4.78, 5) is 24.0. The maximum atomic E-state index is 12.4. The van der Waals surface area contributed by atoms with Gasteiger partial charge in [-0.3, -0.25) is 9.59 Å². The molecule has 4 nitrogen and oxygen atoms in total. The first-order chi connectivity index (χ1) is 10.7. The first kappa shape index (κ1) is 16.3. The van der Waals surface area contributed by atoms with Crippen molar-refractivity contribution < 1.29 is 14.3 Å². The summed E-state index contributed by atoms with van der Waals surface area (Å²) in [5.41, 5.74) is 0.834. The van der Waals surface area contributed by atoms with E-state index >= 15 is 0 Å². The first-order valence-corrected chi connectivity index (χ1v) is 7.97. The highest BCUT2D eigenvalue weighted by molar-refractivity contribution is 5.98. The molecule has 4 heteroatoms. The zero-order valence-electron chi connectivity index (χ0n) is 13.0. The third-order valence-electron chi connectivity index (χ3n) is 3.77. The third-order valence-corrected chi connectivity index (χ3v) is 3.77. The molecule has 1 aliphatic carbocycles. The Balaban J connectivity index is 2.10. The van der Waals surface area contributed by atoms with E-state index < -0.39 is 5.97 Å². The number of carbonyl (C=O) groups is 2. The lowest BCUT2D eigenvalue weighted by Gasteiger charge is -2.23. The van der Waals surface area contributed by atoms with Crippen molar-refractivity contribution in [1.29, 1.82) is 0 Å². The fourth-order valence-electron chi connectivity index (χ4n) is 2.54. The minimum Gasteiger partial charge on any atom is -0.421 e. The third kappa shape index (κ3) is 5.02. The van der Waals surface area contributed by atoms with Crippen LogP contribution in [0.5, 0.6) is 0 Å². The van der Waals surface area contributed by atoms with Gasteiger partial charge in [0.2, 0.25) is 0 Å². The monoisotopic (exact) mass is 301 g/mol. The molecule has 0 aromatic heterocycles. The normalized spacial score (nSPS) is 16.1. The van der Waals surface area contributed by atoms with Crippen LogP contribution in [0.2, 0.25) is 0 Å². The number of hydrogen-bond acceptors (Lipinski definition) is 3. The second-order valence-corrected chi connectivity index (χ2v) is 5.56. The van der Waals surface area contributed by atoms with Crippen LogP contribution in [-0.2, 0) is 14.3 Å². The van der Waals surface area contributed by atoms with E-state index in [1.807, 2.05) is 30.3 Å². The summed E-state index contributed by atoms with van der Waals surface area (Å²) in [6.07, 6.45) is 7.34. The van der Waals surface area contributed by atoms with Crippen LogP contribution in [0.25, 0.3) is 6.08 Å². The number of benzene rings is 1. The topological polar surface area (TPSA) is 55.4 Å². The minimum absolute atomic E-state index is 0.0728. The SMILES string of the molecule is CCC(=O)O/C(=C/c1ccccc1)C(=O)NC1CCCCC1. The maximum absolute atomic E-state index is 12.4. The zero-order valence-corrected chi connectivity index (χ0v) is 13.0. The highest BCUT2D eigenvalue weighted by Gasteiger charge is 2.20. The first-order valence-electron chi connectivity index (χ1n) is 7.97. The van der Waals surface area contributed by atoms with E-state index in [1.165, 1.54) is 6.42 Å². The van der Waals surface area contributed by atoms with Crippen LogP contribution in [0.3, 0.4) is 0 Å². The summed E-state index contributed by atoms with van der Waals surface area (Å²) in [6, 6.07) is 9.58. The molecule has 0 spiro atoms. The average molecular weight is 301 g/mol. The summed E-state index contributed by atoms with van der Waals surface area (Å²) in [5, 5.41) is 2.98. The molecule has 0 atom stereocenters. The van der Waals surface area contributed by atoms with Gasteiger partial charge in [0, 0.05) is 12.5 Å². The van der Waals surface area contributed by atoms with Gasteiger partial charge in [-0.2, -0.15) is 0 Å². The van der Waals surface area contributed by atoms with E-state index in [2.05, 4.69) is 5.32 Å². The molecular weight excluding hydrogens is 278 g/mol. The van der Waals surface area contributed by atoms with Gasteiger partial charge in [0.15, 0.2) is 5.76 Å². The Morgan fingerprint density at radius 1 is 1.18 bits per heavy atom. The van der Waals surface area contributed by atoms with Crippen molar-refractivity contribution in [1.82, 2.24) is 5.32 Å². The lowest BCUT2D eigenvalue weighted by atomic mass is 9.95. The van der Waals surface area contributed by atoms with E-state index in [0.29, 0.717) is 0 Å². The molecule has 2 rings (SSSR count). The smallest absolute Gasteiger partial charge is 0.311 e. The quantitative estimate of drug-likeness (QED) is 0.515. The van der Waals surface area contributed by atoms with Gasteiger partial charge in [0.25, 0.3) is 5.91 Å². The molecule has 118 valence electrons. The van der Waals surface area contributed by atoms with Crippen LogP contribution in [0.4, 0.5) is 0 Å². The summed E-state index contributed by atoms with van der Waals surface area (Å²) < 4.78 is 5.22. The van der Waals surface area contributed by atoms with Crippen molar-refractivity contribution in [2.24, 2.45) is 0 Å². The second kappa shape index (κ2) is 8.37. The molecule has 1 N–H and O–H groups in total. The van der Waals surface area contributed by atoms with Crippen molar-refractivity contribution in [2.45, 2.75) is 51.5 Å². The van der Waals surface area contributed by atoms with Crippen LogP contribution in [-0.4, -0.2) is 17.9 Å². The predicted molar refractivity (Wildman–Crippen MR) is 85.8 cm³/mol. The number of amides is 1. The van der Waals surface area contributed by atoms with Crippen LogP contribution in [0, 0.1) is 0 Å². The molecule has 0 bridgehead atoms. The van der Waals surface area contributed by atoms with Crippen LogP contribution in [0.1, 0.15) is 51.0 Å². The highest BCUT2D eigenvalue weighted by Crippen LogP contribution is 2.18. The summed E-state index contributed by atoms with van der Waals surface area (Å²) in [5.74, 6) is -0.637. The Labute approximate surface area is 131 Å². The van der Waals surface area contributed by atoms with E-state index in [-0.39, 0.29) is 24.1 Å². The minimum atomic E-state index is -0.402. The van der Waals surface area contributed by atoms with Crippen LogP contribution >= 0.6 is 0 Å². The Morgan fingerprint density at radius 3 is 2.50 bits per heavy atom. The molecule has 1 saturated carbocycles. The van der Waals surface area contributed by atoms with Gasteiger partial charge in [-0.25, -0.2) is 0 Å². The van der Waals surface area contributed by atoms with Crippen LogP contribution < -0.4 is 5.32 Å². The van der Waals surface area contributed by atoms with Gasteiger partial charge < -0.3 is 10.1 Å². The van der Waals surface area contributed by atoms with Crippen molar-refractivity contribution in [2.75, 3.05) is 0 Å². The Bertz CT molecular complexity index is 531. The highest BCUT2D eigenvalue weighted by atomic mass is 16.5. The number of rotatable bonds is 5. The molecular formula is C18H23NO3. The molecule has 0 aliphatic heterocycles. The zero-order chi connectivity index (χ0) is 15.8. The molecule has 0 saturated heterocycles. The van der Waals surface area contributed by atoms with Crippen molar-refractivity contribution in [3.63, 3.8) is 0 Å². The number of esters is 1. The Morgan fingerprint density at radius 2 is 1.86 bits per heavy atom. The van der Waals surface area contributed by atoms with Crippen molar-refractivity contribution in [3.05, 3.63) is 41.7 Å². The maximum Gasteiger partial charge on any atom is 0.311 e. The van der Waals surface area contributed by atoms with Crippen molar-refractivity contribution in [3.8, 4) is 0 Å². The Kier molecular flexibility index (Phi) is 6.19.